The second kappa shape index (κ2) is 5.36. The first-order valence-corrected chi connectivity index (χ1v) is 7.72. The fraction of sp³-hybridized carbons (Fsp3) is 1.00. The number of hydrogen-bond donors (Lipinski definition) is 0. The van der Waals surface area contributed by atoms with Crippen LogP contribution < -0.4 is 0 Å². The van der Waals surface area contributed by atoms with Crippen LogP contribution >= 0.6 is 15.9 Å². The smallest absolute Gasteiger partial charge is 0.0217 e. The van der Waals surface area contributed by atoms with Crippen molar-refractivity contribution >= 4 is 15.9 Å². The maximum atomic E-state index is 3.72. The van der Waals surface area contributed by atoms with Crippen molar-refractivity contribution in [2.24, 2.45) is 5.41 Å². The van der Waals surface area contributed by atoms with E-state index in [0.29, 0.717) is 5.41 Å². The molecule has 2 aliphatic rings. The minimum atomic E-state index is 0.619. The van der Waals surface area contributed by atoms with Gasteiger partial charge in [0.1, 0.15) is 0 Å². The standard InChI is InChI=1S/C13H25BrN2/c1-15(2)12-5-3-8-16(9-12)11-13(10-14)6-4-7-13/h12H,3-11H2,1-2H3. The number of likely N-dealkylation sites (N-methyl/N-ethyl adjacent to an activating group) is 1. The highest BCUT2D eigenvalue weighted by molar-refractivity contribution is 9.09. The van der Waals surface area contributed by atoms with Crippen molar-refractivity contribution in [3.05, 3.63) is 0 Å². The molecule has 0 N–H and O–H groups in total. The monoisotopic (exact) mass is 288 g/mol. The number of halogens is 1. The summed E-state index contributed by atoms with van der Waals surface area (Å²) in [6.07, 6.45) is 7.06. The van der Waals surface area contributed by atoms with Gasteiger partial charge in [-0.2, -0.15) is 0 Å². The number of hydrogen-bond acceptors (Lipinski definition) is 2. The first-order chi connectivity index (χ1) is 7.65. The zero-order valence-electron chi connectivity index (χ0n) is 10.7. The molecule has 0 aromatic rings. The quantitative estimate of drug-likeness (QED) is 0.734. The van der Waals surface area contributed by atoms with E-state index in [4.69, 9.17) is 0 Å². The zero-order valence-corrected chi connectivity index (χ0v) is 12.3. The lowest BCUT2D eigenvalue weighted by Crippen LogP contribution is -2.50. The first kappa shape index (κ1) is 12.8. The average molecular weight is 289 g/mol. The Hall–Kier alpha value is 0.400. The van der Waals surface area contributed by atoms with E-state index in [1.165, 1.54) is 57.1 Å². The van der Waals surface area contributed by atoms with Gasteiger partial charge in [-0.05, 0) is 51.7 Å². The van der Waals surface area contributed by atoms with E-state index in [1.54, 1.807) is 0 Å². The molecule has 3 heteroatoms. The third-order valence-electron chi connectivity index (χ3n) is 4.47. The Labute approximate surface area is 108 Å². The van der Waals surface area contributed by atoms with Crippen molar-refractivity contribution in [1.82, 2.24) is 9.80 Å². The minimum Gasteiger partial charge on any atom is -0.305 e. The Morgan fingerprint density at radius 3 is 2.56 bits per heavy atom. The number of piperidine rings is 1. The largest absolute Gasteiger partial charge is 0.305 e. The van der Waals surface area contributed by atoms with Gasteiger partial charge in [0, 0.05) is 24.5 Å². The maximum Gasteiger partial charge on any atom is 0.0217 e. The normalized spacial score (nSPS) is 30.4. The van der Waals surface area contributed by atoms with Gasteiger partial charge in [-0.3, -0.25) is 0 Å². The predicted molar refractivity (Wildman–Crippen MR) is 73.2 cm³/mol. The highest BCUT2D eigenvalue weighted by Gasteiger charge is 2.38. The molecular weight excluding hydrogens is 264 g/mol. The summed E-state index contributed by atoms with van der Waals surface area (Å²) < 4.78 is 0. The minimum absolute atomic E-state index is 0.619. The Kier molecular flexibility index (Phi) is 4.31. The molecule has 1 aliphatic heterocycles. The van der Waals surface area contributed by atoms with E-state index < -0.39 is 0 Å². The van der Waals surface area contributed by atoms with Gasteiger partial charge in [0.05, 0.1) is 0 Å². The Balaban J connectivity index is 1.85. The molecule has 0 spiro atoms. The van der Waals surface area contributed by atoms with Gasteiger partial charge >= 0.3 is 0 Å². The SMILES string of the molecule is CN(C)C1CCCN(CC2(CBr)CCC2)C1. The molecule has 0 aromatic carbocycles. The molecule has 16 heavy (non-hydrogen) atoms. The van der Waals surface area contributed by atoms with Crippen LogP contribution in [0.2, 0.25) is 0 Å². The van der Waals surface area contributed by atoms with Crippen molar-refractivity contribution < 1.29 is 0 Å². The second-order valence-corrected chi connectivity index (χ2v) is 6.54. The molecule has 1 saturated heterocycles. The van der Waals surface area contributed by atoms with E-state index >= 15 is 0 Å². The van der Waals surface area contributed by atoms with Gasteiger partial charge in [0.15, 0.2) is 0 Å². The van der Waals surface area contributed by atoms with Crippen molar-refractivity contribution in [2.75, 3.05) is 39.1 Å². The second-order valence-electron chi connectivity index (χ2n) is 5.98. The Bertz CT molecular complexity index is 220. The van der Waals surface area contributed by atoms with Crippen LogP contribution in [0.1, 0.15) is 32.1 Å². The summed E-state index contributed by atoms with van der Waals surface area (Å²) in [5.41, 5.74) is 0.619. The molecule has 0 aromatic heterocycles. The highest BCUT2D eigenvalue weighted by Crippen LogP contribution is 2.43. The maximum absolute atomic E-state index is 3.72. The van der Waals surface area contributed by atoms with E-state index in [2.05, 4.69) is 39.8 Å². The molecule has 1 unspecified atom stereocenters. The van der Waals surface area contributed by atoms with Crippen LogP contribution in [0.5, 0.6) is 0 Å². The number of nitrogens with zero attached hydrogens (tertiary/aromatic N) is 2. The van der Waals surface area contributed by atoms with E-state index in [9.17, 15) is 0 Å². The van der Waals surface area contributed by atoms with Crippen LogP contribution in [0.4, 0.5) is 0 Å². The third kappa shape index (κ3) is 2.80. The van der Waals surface area contributed by atoms with Crippen LogP contribution in [0, 0.1) is 5.41 Å². The van der Waals surface area contributed by atoms with Crippen molar-refractivity contribution in [3.8, 4) is 0 Å². The molecule has 2 fully saturated rings. The number of likely N-dealkylation sites (tertiary alicyclic amines) is 1. The van der Waals surface area contributed by atoms with Crippen LogP contribution in [0.3, 0.4) is 0 Å². The van der Waals surface area contributed by atoms with Crippen LogP contribution in [0.15, 0.2) is 0 Å². The summed E-state index contributed by atoms with van der Waals surface area (Å²) in [6, 6.07) is 0.779. The van der Waals surface area contributed by atoms with E-state index in [0.717, 1.165) is 6.04 Å². The number of rotatable bonds is 4. The molecule has 2 nitrogen and oxygen atoms in total. The molecule has 1 atom stereocenters. The number of alkyl halides is 1. The Morgan fingerprint density at radius 2 is 2.06 bits per heavy atom. The molecular formula is C13H25BrN2. The van der Waals surface area contributed by atoms with Gasteiger partial charge < -0.3 is 9.80 Å². The summed E-state index contributed by atoms with van der Waals surface area (Å²) in [5.74, 6) is 0. The zero-order chi connectivity index (χ0) is 11.6. The lowest BCUT2D eigenvalue weighted by molar-refractivity contribution is 0.0538. The lowest BCUT2D eigenvalue weighted by atomic mass is 9.70. The summed E-state index contributed by atoms with van der Waals surface area (Å²) in [4.78, 5) is 5.10. The molecule has 0 amide bonds. The molecule has 1 aliphatic carbocycles. The van der Waals surface area contributed by atoms with Crippen LogP contribution in [-0.2, 0) is 0 Å². The van der Waals surface area contributed by atoms with Gasteiger partial charge in [-0.25, -0.2) is 0 Å². The topological polar surface area (TPSA) is 6.48 Å². The van der Waals surface area contributed by atoms with Gasteiger partial charge in [0.25, 0.3) is 0 Å². The van der Waals surface area contributed by atoms with Crippen molar-refractivity contribution in [1.29, 1.82) is 0 Å². The van der Waals surface area contributed by atoms with Gasteiger partial charge in [0.2, 0.25) is 0 Å². The fourth-order valence-corrected chi connectivity index (χ4v) is 3.82. The molecule has 2 rings (SSSR count). The molecule has 94 valence electrons. The molecule has 1 saturated carbocycles. The Morgan fingerprint density at radius 1 is 1.31 bits per heavy atom. The van der Waals surface area contributed by atoms with E-state index in [-0.39, 0.29) is 0 Å². The fourth-order valence-electron chi connectivity index (χ4n) is 3.08. The molecule has 1 heterocycles. The lowest BCUT2D eigenvalue weighted by Gasteiger charge is -2.46. The molecule has 0 radical (unpaired) electrons. The summed E-state index contributed by atoms with van der Waals surface area (Å²) >= 11 is 3.72. The molecule has 0 bridgehead atoms. The summed E-state index contributed by atoms with van der Waals surface area (Å²) in [6.45, 7) is 3.92. The van der Waals surface area contributed by atoms with Crippen molar-refractivity contribution in [3.63, 3.8) is 0 Å². The van der Waals surface area contributed by atoms with Crippen LogP contribution in [-0.4, -0.2) is 54.9 Å². The average Bonchev–Trinajstić information content (AvgIpc) is 2.24. The third-order valence-corrected chi connectivity index (χ3v) is 5.66. The van der Waals surface area contributed by atoms with E-state index in [1.807, 2.05) is 0 Å². The summed E-state index contributed by atoms with van der Waals surface area (Å²) in [7, 11) is 4.44. The van der Waals surface area contributed by atoms with Crippen LogP contribution in [0.25, 0.3) is 0 Å². The van der Waals surface area contributed by atoms with Gasteiger partial charge in [-0.15, -0.1) is 0 Å². The first-order valence-electron chi connectivity index (χ1n) is 6.60. The highest BCUT2D eigenvalue weighted by atomic mass is 79.9. The van der Waals surface area contributed by atoms with Gasteiger partial charge in [-0.1, -0.05) is 22.4 Å². The summed E-state index contributed by atoms with van der Waals surface area (Å²) in [5, 5.41) is 1.20. The predicted octanol–water partition coefficient (Wildman–Crippen LogP) is 2.58. The van der Waals surface area contributed by atoms with Crippen molar-refractivity contribution in [2.45, 2.75) is 38.1 Å².